The number of nitrogens with one attached hydrogen (secondary N) is 1. The van der Waals surface area contributed by atoms with Crippen molar-refractivity contribution in [3.05, 3.63) is 94.6 Å². The molecule has 1 aromatic heterocycles. The summed E-state index contributed by atoms with van der Waals surface area (Å²) in [7, 11) is 0. The molecule has 0 saturated carbocycles. The summed E-state index contributed by atoms with van der Waals surface area (Å²) in [6.45, 7) is 4.14. The van der Waals surface area contributed by atoms with Gasteiger partial charge in [-0.05, 0) is 48.6 Å². The van der Waals surface area contributed by atoms with E-state index < -0.39 is 6.09 Å². The molecule has 4 aromatic rings. The number of hydrogen-bond acceptors (Lipinski definition) is 6. The molecule has 1 heterocycles. The quantitative estimate of drug-likeness (QED) is 0.216. The van der Waals surface area contributed by atoms with E-state index in [2.05, 4.69) is 10.5 Å². The van der Waals surface area contributed by atoms with Crippen molar-refractivity contribution >= 4 is 29.4 Å². The third kappa shape index (κ3) is 7.01. The van der Waals surface area contributed by atoms with Crippen LogP contribution in [-0.4, -0.2) is 30.4 Å². The largest absolute Gasteiger partial charge is 0.466 e. The number of benzene rings is 3. The van der Waals surface area contributed by atoms with E-state index in [1.54, 1.807) is 19.9 Å². The number of halogens is 1. The van der Waals surface area contributed by atoms with Gasteiger partial charge in [-0.1, -0.05) is 83.5 Å². The SMILES string of the molecule is CCOC(=O)CCc1ccc(-c2ccc(-c3onc(C)c3NC(=O)OCCc3ccccc3Cl)cc2)cc1. The minimum absolute atomic E-state index is 0.186. The Labute approximate surface area is 226 Å². The Kier molecular flexibility index (Phi) is 9.16. The Balaban J connectivity index is 1.37. The molecule has 1 N–H and O–H groups in total. The second-order valence-corrected chi connectivity index (χ2v) is 9.06. The zero-order valence-corrected chi connectivity index (χ0v) is 22.1. The highest BCUT2D eigenvalue weighted by Crippen LogP contribution is 2.32. The zero-order chi connectivity index (χ0) is 26.9. The molecule has 0 saturated heterocycles. The number of esters is 1. The van der Waals surface area contributed by atoms with Crippen LogP contribution in [0.3, 0.4) is 0 Å². The summed E-state index contributed by atoms with van der Waals surface area (Å²) in [5.41, 5.74) is 5.84. The number of ether oxygens (including phenoxy) is 2. The van der Waals surface area contributed by atoms with E-state index in [1.807, 2.05) is 66.7 Å². The number of aryl methyl sites for hydroxylation is 2. The minimum atomic E-state index is -0.593. The predicted molar refractivity (Wildman–Crippen MR) is 147 cm³/mol. The molecule has 1 amide bonds. The molecule has 4 rings (SSSR count). The van der Waals surface area contributed by atoms with Gasteiger partial charge in [0.2, 0.25) is 0 Å². The van der Waals surface area contributed by atoms with Crippen LogP contribution < -0.4 is 5.32 Å². The van der Waals surface area contributed by atoms with E-state index in [1.165, 1.54) is 0 Å². The predicted octanol–water partition coefficient (Wildman–Crippen LogP) is 7.26. The van der Waals surface area contributed by atoms with Gasteiger partial charge >= 0.3 is 12.1 Å². The van der Waals surface area contributed by atoms with Crippen LogP contribution >= 0.6 is 11.6 Å². The van der Waals surface area contributed by atoms with E-state index in [9.17, 15) is 9.59 Å². The van der Waals surface area contributed by atoms with Gasteiger partial charge in [0.15, 0.2) is 5.76 Å². The van der Waals surface area contributed by atoms with Gasteiger partial charge in [0, 0.05) is 23.4 Å². The minimum Gasteiger partial charge on any atom is -0.466 e. The number of nitrogens with zero attached hydrogens (tertiary/aromatic N) is 1. The first kappa shape index (κ1) is 26.9. The molecule has 0 unspecified atom stereocenters. The first-order valence-corrected chi connectivity index (χ1v) is 12.8. The molecule has 0 atom stereocenters. The molecule has 0 aliphatic rings. The van der Waals surface area contributed by atoms with Crippen LogP contribution in [0.5, 0.6) is 0 Å². The summed E-state index contributed by atoms with van der Waals surface area (Å²) in [4.78, 5) is 24.0. The van der Waals surface area contributed by atoms with Crippen molar-refractivity contribution in [2.45, 2.75) is 33.1 Å². The molecule has 0 aliphatic carbocycles. The molecule has 38 heavy (non-hydrogen) atoms. The molecule has 0 fully saturated rings. The number of carbonyl (C=O) groups is 2. The van der Waals surface area contributed by atoms with Crippen LogP contribution in [0.15, 0.2) is 77.3 Å². The van der Waals surface area contributed by atoms with Gasteiger partial charge in [-0.3, -0.25) is 10.1 Å². The molecule has 0 spiro atoms. The molecule has 7 nitrogen and oxygen atoms in total. The zero-order valence-electron chi connectivity index (χ0n) is 21.3. The molecule has 0 aliphatic heterocycles. The fourth-order valence-electron chi connectivity index (χ4n) is 3.96. The lowest BCUT2D eigenvalue weighted by molar-refractivity contribution is -0.143. The Bertz CT molecular complexity index is 1380. The maximum atomic E-state index is 12.4. The standard InChI is InChI=1S/C30H29ClN2O5/c1-3-36-27(34)17-10-21-8-11-22(12-9-21)23-13-15-25(16-14-23)29-28(20(2)33-38-29)32-30(35)37-19-18-24-6-4-5-7-26(24)31/h4-9,11-16H,3,10,17-19H2,1-2H3,(H,32,35). The van der Waals surface area contributed by atoms with E-state index in [0.29, 0.717) is 48.0 Å². The average molecular weight is 533 g/mol. The highest BCUT2D eigenvalue weighted by atomic mass is 35.5. The van der Waals surface area contributed by atoms with Gasteiger partial charge in [-0.2, -0.15) is 0 Å². The Morgan fingerprint density at radius 2 is 1.55 bits per heavy atom. The smallest absolute Gasteiger partial charge is 0.411 e. The number of aromatic nitrogens is 1. The van der Waals surface area contributed by atoms with Crippen molar-refractivity contribution in [3.63, 3.8) is 0 Å². The van der Waals surface area contributed by atoms with Gasteiger partial charge < -0.3 is 14.0 Å². The fraction of sp³-hybridized carbons (Fsp3) is 0.233. The molecule has 0 radical (unpaired) electrons. The lowest BCUT2D eigenvalue weighted by atomic mass is 10.0. The van der Waals surface area contributed by atoms with E-state index in [4.69, 9.17) is 25.6 Å². The van der Waals surface area contributed by atoms with Crippen molar-refractivity contribution in [1.29, 1.82) is 0 Å². The van der Waals surface area contributed by atoms with Crippen LogP contribution in [0.25, 0.3) is 22.5 Å². The van der Waals surface area contributed by atoms with Crippen molar-refractivity contribution in [2.24, 2.45) is 0 Å². The van der Waals surface area contributed by atoms with Crippen LogP contribution in [0.2, 0.25) is 5.02 Å². The third-order valence-electron chi connectivity index (χ3n) is 6.01. The second-order valence-electron chi connectivity index (χ2n) is 8.65. The van der Waals surface area contributed by atoms with E-state index in [-0.39, 0.29) is 12.6 Å². The maximum Gasteiger partial charge on any atom is 0.411 e. The first-order chi connectivity index (χ1) is 18.4. The molecule has 8 heteroatoms. The maximum absolute atomic E-state index is 12.4. The number of anilines is 1. The van der Waals surface area contributed by atoms with Crippen molar-refractivity contribution < 1.29 is 23.6 Å². The highest BCUT2D eigenvalue weighted by Gasteiger charge is 2.18. The summed E-state index contributed by atoms with van der Waals surface area (Å²) in [5, 5.41) is 7.42. The van der Waals surface area contributed by atoms with E-state index in [0.717, 1.165) is 27.8 Å². The van der Waals surface area contributed by atoms with Crippen molar-refractivity contribution in [1.82, 2.24) is 5.16 Å². The third-order valence-corrected chi connectivity index (χ3v) is 6.38. The van der Waals surface area contributed by atoms with Gasteiger partial charge in [0.1, 0.15) is 11.4 Å². The Hall–Kier alpha value is -4.10. The summed E-state index contributed by atoms with van der Waals surface area (Å²) >= 11 is 6.16. The molecule has 3 aromatic carbocycles. The van der Waals surface area contributed by atoms with Crippen molar-refractivity contribution in [2.75, 3.05) is 18.5 Å². The average Bonchev–Trinajstić information content (AvgIpc) is 3.28. The van der Waals surface area contributed by atoms with Crippen LogP contribution in [0.4, 0.5) is 10.5 Å². The van der Waals surface area contributed by atoms with Crippen LogP contribution in [-0.2, 0) is 27.1 Å². The summed E-state index contributed by atoms with van der Waals surface area (Å²) in [6, 6.07) is 23.3. The summed E-state index contributed by atoms with van der Waals surface area (Å²) in [5.74, 6) is 0.264. The van der Waals surface area contributed by atoms with Gasteiger partial charge in [-0.15, -0.1) is 0 Å². The van der Waals surface area contributed by atoms with Crippen LogP contribution in [0.1, 0.15) is 30.2 Å². The topological polar surface area (TPSA) is 90.7 Å². The molecule has 0 bridgehead atoms. The fourth-order valence-corrected chi connectivity index (χ4v) is 4.19. The monoisotopic (exact) mass is 532 g/mol. The lowest BCUT2D eigenvalue weighted by Gasteiger charge is -2.09. The summed E-state index contributed by atoms with van der Waals surface area (Å²) in [6.07, 6.45) is 0.922. The van der Waals surface area contributed by atoms with Crippen LogP contribution in [0, 0.1) is 6.92 Å². The number of carbonyl (C=O) groups excluding carboxylic acids is 2. The summed E-state index contributed by atoms with van der Waals surface area (Å²) < 4.78 is 15.9. The highest BCUT2D eigenvalue weighted by molar-refractivity contribution is 6.31. The molecular weight excluding hydrogens is 504 g/mol. The van der Waals surface area contributed by atoms with Gasteiger partial charge in [0.25, 0.3) is 0 Å². The Morgan fingerprint density at radius 3 is 2.24 bits per heavy atom. The second kappa shape index (κ2) is 12.9. The number of hydrogen-bond donors (Lipinski definition) is 1. The Morgan fingerprint density at radius 1 is 0.895 bits per heavy atom. The number of amides is 1. The number of rotatable bonds is 10. The molecular formula is C30H29ClN2O5. The van der Waals surface area contributed by atoms with Gasteiger partial charge in [-0.25, -0.2) is 4.79 Å². The van der Waals surface area contributed by atoms with Crippen molar-refractivity contribution in [3.8, 4) is 22.5 Å². The van der Waals surface area contributed by atoms with Gasteiger partial charge in [0.05, 0.1) is 13.2 Å². The van der Waals surface area contributed by atoms with E-state index >= 15 is 0 Å². The lowest BCUT2D eigenvalue weighted by Crippen LogP contribution is -2.16. The molecule has 196 valence electrons. The normalized spacial score (nSPS) is 10.7. The first-order valence-electron chi connectivity index (χ1n) is 12.4.